The van der Waals surface area contributed by atoms with Gasteiger partial charge in [-0.15, -0.1) is 0 Å². The molecule has 2 aliphatic rings. The maximum atomic E-state index is 12.9. The largest absolute Gasteiger partial charge is 0.390 e. The first-order valence-electron chi connectivity index (χ1n) is 9.09. The Morgan fingerprint density at radius 3 is 3.04 bits per heavy atom. The highest BCUT2D eigenvalue weighted by Crippen LogP contribution is 2.44. The van der Waals surface area contributed by atoms with Gasteiger partial charge in [0.05, 0.1) is 11.3 Å². The van der Waals surface area contributed by atoms with Crippen molar-refractivity contribution in [2.75, 3.05) is 13.1 Å². The SMILES string of the molecule is CC[C@]1(O)CCC[C@H]2CN(C(=O)c3cc(-c4ccccn4)n[nH]3)C[C@H]21. The number of H-pyrrole nitrogens is 1. The first kappa shape index (κ1) is 16.3. The average Bonchev–Trinajstić information content (AvgIpc) is 3.30. The van der Waals surface area contributed by atoms with Crippen molar-refractivity contribution in [3.63, 3.8) is 0 Å². The van der Waals surface area contributed by atoms with Crippen LogP contribution in [0, 0.1) is 11.8 Å². The van der Waals surface area contributed by atoms with Gasteiger partial charge in [-0.1, -0.05) is 19.4 Å². The predicted octanol–water partition coefficient (Wildman–Crippen LogP) is 2.48. The molecule has 0 aromatic carbocycles. The van der Waals surface area contributed by atoms with E-state index in [0.717, 1.165) is 37.9 Å². The van der Waals surface area contributed by atoms with E-state index >= 15 is 0 Å². The molecule has 2 aromatic heterocycles. The van der Waals surface area contributed by atoms with Gasteiger partial charge in [-0.2, -0.15) is 5.10 Å². The van der Waals surface area contributed by atoms with E-state index in [4.69, 9.17) is 0 Å². The number of carbonyl (C=O) groups is 1. The van der Waals surface area contributed by atoms with Gasteiger partial charge < -0.3 is 10.0 Å². The number of hydrogen-bond donors (Lipinski definition) is 2. The predicted molar refractivity (Wildman–Crippen MR) is 93.8 cm³/mol. The number of amides is 1. The highest BCUT2D eigenvalue weighted by atomic mass is 16.3. The third-order valence-electron chi connectivity index (χ3n) is 5.95. The van der Waals surface area contributed by atoms with Crippen LogP contribution in [0.2, 0.25) is 0 Å². The Labute approximate surface area is 147 Å². The topological polar surface area (TPSA) is 82.1 Å². The first-order valence-corrected chi connectivity index (χ1v) is 9.09. The monoisotopic (exact) mass is 340 g/mol. The van der Waals surface area contributed by atoms with E-state index < -0.39 is 5.60 Å². The molecule has 2 aromatic rings. The molecule has 0 radical (unpaired) electrons. The van der Waals surface area contributed by atoms with Crippen molar-refractivity contribution >= 4 is 5.91 Å². The molecular formula is C19H24N4O2. The highest BCUT2D eigenvalue weighted by molar-refractivity contribution is 5.93. The fourth-order valence-corrected chi connectivity index (χ4v) is 4.48. The summed E-state index contributed by atoms with van der Waals surface area (Å²) in [6, 6.07) is 7.38. The number of carbonyl (C=O) groups excluding carboxylic acids is 1. The van der Waals surface area contributed by atoms with E-state index in [2.05, 4.69) is 15.2 Å². The number of likely N-dealkylation sites (tertiary alicyclic amines) is 1. The van der Waals surface area contributed by atoms with Crippen LogP contribution in [0.4, 0.5) is 0 Å². The second-order valence-corrected chi connectivity index (χ2v) is 7.31. The van der Waals surface area contributed by atoms with Gasteiger partial charge in [-0.3, -0.25) is 14.9 Å². The van der Waals surface area contributed by atoms with Gasteiger partial charge in [0.15, 0.2) is 0 Å². The van der Waals surface area contributed by atoms with E-state index in [1.165, 1.54) is 0 Å². The minimum atomic E-state index is -0.620. The van der Waals surface area contributed by atoms with Crippen LogP contribution in [-0.4, -0.2) is 49.8 Å². The zero-order valence-corrected chi connectivity index (χ0v) is 14.5. The number of fused-ring (bicyclic) bond motifs is 1. The first-order chi connectivity index (χ1) is 12.1. The van der Waals surface area contributed by atoms with Crippen molar-refractivity contribution in [1.29, 1.82) is 0 Å². The van der Waals surface area contributed by atoms with Crippen molar-refractivity contribution < 1.29 is 9.90 Å². The summed E-state index contributed by atoms with van der Waals surface area (Å²) in [7, 11) is 0. The molecule has 1 amide bonds. The number of aliphatic hydroxyl groups is 1. The molecule has 0 unspecified atom stereocenters. The Bertz CT molecular complexity index is 760. The fraction of sp³-hybridized carbons (Fsp3) is 0.526. The summed E-state index contributed by atoms with van der Waals surface area (Å²) < 4.78 is 0. The van der Waals surface area contributed by atoms with Gasteiger partial charge in [0.1, 0.15) is 11.4 Å². The minimum Gasteiger partial charge on any atom is -0.390 e. The van der Waals surface area contributed by atoms with Gasteiger partial charge in [0.25, 0.3) is 5.91 Å². The summed E-state index contributed by atoms with van der Waals surface area (Å²) in [5.41, 5.74) is 1.28. The van der Waals surface area contributed by atoms with Crippen LogP contribution in [0.1, 0.15) is 43.1 Å². The summed E-state index contributed by atoms with van der Waals surface area (Å²) in [5, 5.41) is 18.0. The number of nitrogens with one attached hydrogen (secondary N) is 1. The second-order valence-electron chi connectivity index (χ2n) is 7.31. The third-order valence-corrected chi connectivity index (χ3v) is 5.95. The van der Waals surface area contributed by atoms with Crippen LogP contribution < -0.4 is 0 Å². The van der Waals surface area contributed by atoms with Gasteiger partial charge >= 0.3 is 0 Å². The van der Waals surface area contributed by atoms with Gasteiger partial charge in [-0.05, 0) is 43.4 Å². The van der Waals surface area contributed by atoms with Gasteiger partial charge in [0, 0.05) is 25.2 Å². The third kappa shape index (κ3) is 2.84. The van der Waals surface area contributed by atoms with Crippen molar-refractivity contribution in [3.8, 4) is 11.4 Å². The quantitative estimate of drug-likeness (QED) is 0.899. The number of hydrogen-bond acceptors (Lipinski definition) is 4. The smallest absolute Gasteiger partial charge is 0.271 e. The molecule has 132 valence electrons. The molecule has 1 saturated heterocycles. The minimum absolute atomic E-state index is 0.0393. The molecular weight excluding hydrogens is 316 g/mol. The molecule has 3 heterocycles. The fourth-order valence-electron chi connectivity index (χ4n) is 4.48. The van der Waals surface area contributed by atoms with Crippen LogP contribution >= 0.6 is 0 Å². The summed E-state index contributed by atoms with van der Waals surface area (Å²) in [6.07, 6.45) is 5.45. The maximum Gasteiger partial charge on any atom is 0.271 e. The van der Waals surface area contributed by atoms with E-state index in [-0.39, 0.29) is 11.8 Å². The highest BCUT2D eigenvalue weighted by Gasteiger charge is 2.48. The summed E-state index contributed by atoms with van der Waals surface area (Å²) in [4.78, 5) is 19.0. The zero-order valence-electron chi connectivity index (χ0n) is 14.5. The molecule has 2 N–H and O–H groups in total. The molecule has 1 aliphatic carbocycles. The lowest BCUT2D eigenvalue weighted by Crippen LogP contribution is -2.44. The molecule has 1 aliphatic heterocycles. The lowest BCUT2D eigenvalue weighted by molar-refractivity contribution is -0.0609. The maximum absolute atomic E-state index is 12.9. The molecule has 6 nitrogen and oxygen atoms in total. The lowest BCUT2D eigenvalue weighted by Gasteiger charge is -2.40. The summed E-state index contributed by atoms with van der Waals surface area (Å²) >= 11 is 0. The molecule has 6 heteroatoms. The zero-order chi connectivity index (χ0) is 17.4. The van der Waals surface area contributed by atoms with E-state index in [9.17, 15) is 9.90 Å². The van der Waals surface area contributed by atoms with Crippen molar-refractivity contribution in [2.24, 2.45) is 11.8 Å². The van der Waals surface area contributed by atoms with Crippen molar-refractivity contribution in [3.05, 3.63) is 36.2 Å². The van der Waals surface area contributed by atoms with Crippen LogP contribution in [-0.2, 0) is 0 Å². The Hall–Kier alpha value is -2.21. The van der Waals surface area contributed by atoms with E-state index in [1.54, 1.807) is 12.3 Å². The number of aromatic nitrogens is 3. The van der Waals surface area contributed by atoms with E-state index in [1.807, 2.05) is 30.0 Å². The van der Waals surface area contributed by atoms with Crippen molar-refractivity contribution in [2.45, 2.75) is 38.2 Å². The molecule has 4 rings (SSSR count). The normalized spacial score (nSPS) is 28.8. The van der Waals surface area contributed by atoms with E-state index in [0.29, 0.717) is 23.9 Å². The Morgan fingerprint density at radius 2 is 2.28 bits per heavy atom. The Kier molecular flexibility index (Phi) is 4.07. The second kappa shape index (κ2) is 6.26. The number of nitrogens with zero attached hydrogens (tertiary/aromatic N) is 3. The molecule has 1 saturated carbocycles. The molecule has 0 spiro atoms. The lowest BCUT2D eigenvalue weighted by atomic mass is 9.69. The van der Waals surface area contributed by atoms with Crippen molar-refractivity contribution in [1.82, 2.24) is 20.1 Å². The standard InChI is InChI=1S/C19H24N4O2/c1-2-19(25)8-5-6-13-11-23(12-14(13)19)18(24)17-10-16(21-22-17)15-7-3-4-9-20-15/h3-4,7,9-10,13-14,25H,2,5-6,8,11-12H2,1H3,(H,21,22)/t13-,14+,19-/m0/s1. The number of aromatic amines is 1. The van der Waals surface area contributed by atoms with Gasteiger partial charge in [0.2, 0.25) is 0 Å². The Balaban J connectivity index is 1.52. The molecule has 0 bridgehead atoms. The van der Waals surface area contributed by atoms with Crippen LogP contribution in [0.3, 0.4) is 0 Å². The molecule has 25 heavy (non-hydrogen) atoms. The van der Waals surface area contributed by atoms with Crippen LogP contribution in [0.15, 0.2) is 30.5 Å². The van der Waals surface area contributed by atoms with Gasteiger partial charge in [-0.25, -0.2) is 0 Å². The summed E-state index contributed by atoms with van der Waals surface area (Å²) in [5.74, 6) is 0.553. The van der Waals surface area contributed by atoms with Crippen LogP contribution in [0.25, 0.3) is 11.4 Å². The molecule has 2 fully saturated rings. The Morgan fingerprint density at radius 1 is 1.40 bits per heavy atom. The number of pyridine rings is 1. The number of rotatable bonds is 3. The molecule has 3 atom stereocenters. The average molecular weight is 340 g/mol. The summed E-state index contributed by atoms with van der Waals surface area (Å²) in [6.45, 7) is 3.40. The van der Waals surface area contributed by atoms with Crippen LogP contribution in [0.5, 0.6) is 0 Å².